The number of para-hydroxylation sites is 2. The van der Waals surface area contributed by atoms with Crippen LogP contribution in [0.5, 0.6) is 0 Å². The van der Waals surface area contributed by atoms with E-state index in [1.54, 1.807) is 12.1 Å². The summed E-state index contributed by atoms with van der Waals surface area (Å²) in [5.74, 6) is 0. The molecule has 9 heteroatoms. The number of anilines is 1. The van der Waals surface area contributed by atoms with Gasteiger partial charge >= 0.3 is 6.03 Å². The van der Waals surface area contributed by atoms with E-state index in [-0.39, 0.29) is 22.1 Å². The summed E-state index contributed by atoms with van der Waals surface area (Å²) in [5, 5.41) is 16.7. The normalized spacial score (nSPS) is 10.4. The third-order valence-electron chi connectivity index (χ3n) is 3.46. The highest BCUT2D eigenvalue weighted by Gasteiger charge is 2.15. The summed E-state index contributed by atoms with van der Waals surface area (Å²) < 4.78 is 0. The van der Waals surface area contributed by atoms with Crippen molar-refractivity contribution in [2.24, 2.45) is 5.10 Å². The van der Waals surface area contributed by atoms with Crippen molar-refractivity contribution in [1.82, 2.24) is 5.43 Å². The third kappa shape index (κ3) is 2.98. The zero-order valence-corrected chi connectivity index (χ0v) is 12.6. The average Bonchev–Trinajstić information content (AvgIpc) is 2.85. The van der Waals surface area contributed by atoms with E-state index in [4.69, 9.17) is 0 Å². The topological polar surface area (TPSA) is 131 Å². The summed E-state index contributed by atoms with van der Waals surface area (Å²) >= 11 is 0. The summed E-state index contributed by atoms with van der Waals surface area (Å²) in [6.07, 6.45) is 0. The summed E-state index contributed by atoms with van der Waals surface area (Å²) in [7, 11) is 0. The van der Waals surface area contributed by atoms with Crippen LogP contribution in [0.4, 0.5) is 16.2 Å². The molecule has 2 N–H and O–H groups in total. The Morgan fingerprint density at radius 2 is 1.52 bits per heavy atom. The van der Waals surface area contributed by atoms with E-state index in [1.807, 2.05) is 5.43 Å². The van der Waals surface area contributed by atoms with Gasteiger partial charge in [-0.1, -0.05) is 36.4 Å². The van der Waals surface area contributed by atoms with Gasteiger partial charge in [-0.25, -0.2) is 10.2 Å². The number of hydrogen-bond donors (Lipinski definition) is 2. The van der Waals surface area contributed by atoms with Crippen molar-refractivity contribution in [3.05, 3.63) is 84.4 Å². The molecule has 3 aromatic rings. The van der Waals surface area contributed by atoms with Gasteiger partial charge in [0.15, 0.2) is 5.36 Å². The SMILES string of the molecule is O=C(NN=c1c(=O)c2ccccc2c1=O)Nc1ccccc1[N+](=O)[O-]. The van der Waals surface area contributed by atoms with Crippen molar-refractivity contribution in [1.29, 1.82) is 0 Å². The molecular formula is C16H10N4O5. The maximum Gasteiger partial charge on any atom is 0.339 e. The van der Waals surface area contributed by atoms with Gasteiger partial charge in [0.25, 0.3) is 5.69 Å². The molecule has 0 atom stereocenters. The van der Waals surface area contributed by atoms with Crippen LogP contribution in [0.25, 0.3) is 10.8 Å². The van der Waals surface area contributed by atoms with Crippen molar-refractivity contribution in [3.8, 4) is 0 Å². The van der Waals surface area contributed by atoms with E-state index in [2.05, 4.69) is 10.4 Å². The molecule has 0 heterocycles. The molecule has 124 valence electrons. The minimum atomic E-state index is -0.918. The second-order valence-electron chi connectivity index (χ2n) is 5.00. The first-order chi connectivity index (χ1) is 12.0. The highest BCUT2D eigenvalue weighted by Crippen LogP contribution is 2.22. The Morgan fingerprint density at radius 3 is 2.12 bits per heavy atom. The molecule has 0 aliphatic heterocycles. The summed E-state index contributed by atoms with van der Waals surface area (Å²) in [4.78, 5) is 46.3. The van der Waals surface area contributed by atoms with Gasteiger partial charge in [-0.15, -0.1) is 0 Å². The number of urea groups is 1. The number of benzene rings is 2. The standard InChI is InChI=1S/C16H10N4O5/c21-14-9-5-1-2-6-10(9)15(22)13(14)18-19-16(23)17-11-7-3-4-8-12(11)20(24)25/h1-8H,(H2,17,19,23). The predicted octanol–water partition coefficient (Wildman–Crippen LogP) is 0.981. The van der Waals surface area contributed by atoms with Crippen LogP contribution < -0.4 is 27.0 Å². The minimum absolute atomic E-state index is 0.0439. The smallest absolute Gasteiger partial charge is 0.301 e. The van der Waals surface area contributed by atoms with Crippen molar-refractivity contribution in [2.75, 3.05) is 5.32 Å². The lowest BCUT2D eigenvalue weighted by Gasteiger charge is -2.04. The fourth-order valence-electron chi connectivity index (χ4n) is 2.33. The molecule has 0 radical (unpaired) electrons. The molecular weight excluding hydrogens is 328 g/mol. The molecule has 3 rings (SSSR count). The van der Waals surface area contributed by atoms with E-state index >= 15 is 0 Å². The van der Waals surface area contributed by atoms with Gasteiger partial charge in [0, 0.05) is 16.8 Å². The zero-order valence-electron chi connectivity index (χ0n) is 12.6. The van der Waals surface area contributed by atoms with Crippen molar-refractivity contribution in [2.45, 2.75) is 0 Å². The molecule has 25 heavy (non-hydrogen) atoms. The first-order valence-electron chi connectivity index (χ1n) is 7.05. The van der Waals surface area contributed by atoms with Gasteiger partial charge in [0.2, 0.25) is 10.9 Å². The molecule has 0 aliphatic carbocycles. The van der Waals surface area contributed by atoms with Crippen molar-refractivity contribution < 1.29 is 9.72 Å². The highest BCUT2D eigenvalue weighted by molar-refractivity contribution is 5.91. The third-order valence-corrected chi connectivity index (χ3v) is 3.46. The van der Waals surface area contributed by atoms with Crippen LogP contribution in [0.3, 0.4) is 0 Å². The Kier molecular flexibility index (Phi) is 4.04. The molecule has 0 bridgehead atoms. The van der Waals surface area contributed by atoms with Crippen LogP contribution in [0.15, 0.2) is 63.2 Å². The Morgan fingerprint density at radius 1 is 0.960 bits per heavy atom. The first-order valence-corrected chi connectivity index (χ1v) is 7.05. The van der Waals surface area contributed by atoms with Crippen molar-refractivity contribution in [3.63, 3.8) is 0 Å². The van der Waals surface area contributed by atoms with Gasteiger partial charge in [-0.05, 0) is 6.07 Å². The van der Waals surface area contributed by atoms with E-state index in [9.17, 15) is 24.5 Å². The number of nitro benzene ring substituents is 1. The summed E-state index contributed by atoms with van der Waals surface area (Å²) in [6.45, 7) is 0. The number of nitrogens with one attached hydrogen (secondary N) is 2. The number of hydrogen-bond acceptors (Lipinski definition) is 6. The highest BCUT2D eigenvalue weighted by atomic mass is 16.6. The predicted molar refractivity (Wildman–Crippen MR) is 89.7 cm³/mol. The van der Waals surface area contributed by atoms with E-state index in [0.717, 1.165) is 0 Å². The number of nitro groups is 1. The van der Waals surface area contributed by atoms with Gasteiger partial charge in [0.1, 0.15) is 5.69 Å². The first kappa shape index (κ1) is 16.0. The molecule has 9 nitrogen and oxygen atoms in total. The van der Waals surface area contributed by atoms with Gasteiger partial charge in [-0.3, -0.25) is 19.7 Å². The molecule has 3 aromatic carbocycles. The van der Waals surface area contributed by atoms with Gasteiger partial charge < -0.3 is 5.32 Å². The van der Waals surface area contributed by atoms with Crippen LogP contribution in [-0.2, 0) is 0 Å². The largest absolute Gasteiger partial charge is 0.339 e. The maximum absolute atomic E-state index is 12.1. The van der Waals surface area contributed by atoms with E-state index < -0.39 is 27.2 Å². The van der Waals surface area contributed by atoms with Gasteiger partial charge in [0.05, 0.1) is 4.92 Å². The molecule has 0 unspecified atom stereocenters. The quantitative estimate of drug-likeness (QED) is 0.543. The second-order valence-corrected chi connectivity index (χ2v) is 5.00. The number of rotatable bonds is 3. The molecule has 0 saturated carbocycles. The van der Waals surface area contributed by atoms with Crippen LogP contribution in [0, 0.1) is 10.1 Å². The number of carbonyl (C=O) groups is 1. The van der Waals surface area contributed by atoms with E-state index in [0.29, 0.717) is 0 Å². The number of nitrogens with zero attached hydrogens (tertiary/aromatic N) is 2. The van der Waals surface area contributed by atoms with Crippen LogP contribution in [0.1, 0.15) is 0 Å². The number of carbonyl (C=O) groups excluding carboxylic acids is 1. The van der Waals surface area contributed by atoms with Crippen LogP contribution in [0.2, 0.25) is 0 Å². The molecule has 0 aliphatic rings. The average molecular weight is 338 g/mol. The lowest BCUT2D eigenvalue weighted by Crippen LogP contribution is -2.36. The van der Waals surface area contributed by atoms with Crippen LogP contribution >= 0.6 is 0 Å². The zero-order chi connectivity index (χ0) is 18.0. The molecule has 0 saturated heterocycles. The number of amides is 2. The second kappa shape index (κ2) is 6.32. The molecule has 0 spiro atoms. The molecule has 0 fully saturated rings. The molecule has 2 amide bonds. The summed E-state index contributed by atoms with van der Waals surface area (Å²) in [6, 6.07) is 10.8. The minimum Gasteiger partial charge on any atom is -0.301 e. The fraction of sp³-hybridized carbons (Fsp3) is 0. The lowest BCUT2D eigenvalue weighted by molar-refractivity contribution is -0.383. The fourth-order valence-corrected chi connectivity index (χ4v) is 2.33. The summed E-state index contributed by atoms with van der Waals surface area (Å²) in [5.41, 5.74) is 0.482. The Balaban J connectivity index is 1.89. The van der Waals surface area contributed by atoms with Crippen LogP contribution in [-0.4, -0.2) is 11.0 Å². The van der Waals surface area contributed by atoms with Crippen molar-refractivity contribution >= 4 is 28.2 Å². The number of fused-ring (bicyclic) bond motifs is 1. The monoisotopic (exact) mass is 338 g/mol. The van der Waals surface area contributed by atoms with E-state index in [1.165, 1.54) is 36.4 Å². The lowest BCUT2D eigenvalue weighted by atomic mass is 10.2. The Bertz CT molecular complexity index is 1100. The Hall–Kier alpha value is -3.88. The Labute approximate surface area is 139 Å². The maximum atomic E-state index is 12.1. The molecule has 0 aromatic heterocycles. The van der Waals surface area contributed by atoms with Gasteiger partial charge in [-0.2, -0.15) is 5.10 Å².